The molecule has 1 N–H and O–H groups in total. The van der Waals surface area contributed by atoms with Gasteiger partial charge in [0.1, 0.15) is 0 Å². The van der Waals surface area contributed by atoms with Gasteiger partial charge < -0.3 is 10.2 Å². The first-order valence-corrected chi connectivity index (χ1v) is 4.80. The molecular weight excluding hydrogens is 164 g/mol. The number of amides is 2. The summed E-state index contributed by atoms with van der Waals surface area (Å²) in [7, 11) is 0. The van der Waals surface area contributed by atoms with Crippen LogP contribution in [0, 0.1) is 5.92 Å². The lowest BCUT2D eigenvalue weighted by Gasteiger charge is -2.21. The van der Waals surface area contributed by atoms with E-state index in [9.17, 15) is 4.79 Å². The first kappa shape index (κ1) is 10.1. The van der Waals surface area contributed by atoms with E-state index >= 15 is 0 Å². The molecule has 13 heavy (non-hydrogen) atoms. The monoisotopic (exact) mass is 182 g/mol. The van der Waals surface area contributed by atoms with Gasteiger partial charge in [0.05, 0.1) is 0 Å². The fourth-order valence-electron chi connectivity index (χ4n) is 1.84. The molecule has 0 aromatic heterocycles. The molecule has 0 aromatic rings. The van der Waals surface area contributed by atoms with Gasteiger partial charge in [-0.1, -0.05) is 13.0 Å². The van der Waals surface area contributed by atoms with Crippen LogP contribution < -0.4 is 5.32 Å². The van der Waals surface area contributed by atoms with E-state index in [1.807, 2.05) is 4.90 Å². The van der Waals surface area contributed by atoms with Crippen molar-refractivity contribution in [3.05, 3.63) is 12.7 Å². The van der Waals surface area contributed by atoms with E-state index in [2.05, 4.69) is 25.7 Å². The Morgan fingerprint density at radius 1 is 1.69 bits per heavy atom. The summed E-state index contributed by atoms with van der Waals surface area (Å²) in [5, 5.41) is 2.79. The summed E-state index contributed by atoms with van der Waals surface area (Å²) in [4.78, 5) is 13.4. The van der Waals surface area contributed by atoms with E-state index in [1.54, 1.807) is 6.08 Å². The van der Waals surface area contributed by atoms with Gasteiger partial charge >= 0.3 is 6.03 Å². The Hall–Kier alpha value is -0.990. The molecule has 2 atom stereocenters. The molecule has 1 heterocycles. The molecule has 1 saturated heterocycles. The van der Waals surface area contributed by atoms with Crippen LogP contribution in [0.15, 0.2) is 12.7 Å². The van der Waals surface area contributed by atoms with Crippen molar-refractivity contribution in [2.75, 3.05) is 13.1 Å². The van der Waals surface area contributed by atoms with Crippen LogP contribution in [0.1, 0.15) is 20.3 Å². The second kappa shape index (κ2) is 4.30. The van der Waals surface area contributed by atoms with Gasteiger partial charge in [0, 0.05) is 19.1 Å². The summed E-state index contributed by atoms with van der Waals surface area (Å²) in [6.45, 7) is 9.26. The van der Waals surface area contributed by atoms with Crippen LogP contribution in [0.25, 0.3) is 0 Å². The van der Waals surface area contributed by atoms with Gasteiger partial charge in [-0.3, -0.25) is 0 Å². The zero-order valence-electron chi connectivity index (χ0n) is 8.42. The molecule has 2 amide bonds. The number of hydrogen-bond donors (Lipinski definition) is 1. The maximum absolute atomic E-state index is 11.5. The minimum absolute atomic E-state index is 0.0387. The molecule has 0 bridgehead atoms. The Kier molecular flexibility index (Phi) is 3.34. The van der Waals surface area contributed by atoms with Crippen LogP contribution in [0.5, 0.6) is 0 Å². The molecule has 1 fully saturated rings. The minimum atomic E-state index is 0.0387. The molecule has 0 radical (unpaired) electrons. The number of rotatable bonds is 2. The Morgan fingerprint density at radius 2 is 2.38 bits per heavy atom. The van der Waals surface area contributed by atoms with E-state index in [-0.39, 0.29) is 6.03 Å². The highest BCUT2D eigenvalue weighted by atomic mass is 16.2. The van der Waals surface area contributed by atoms with Crippen molar-refractivity contribution in [3.8, 4) is 0 Å². The summed E-state index contributed by atoms with van der Waals surface area (Å²) in [5.74, 6) is 0.629. The summed E-state index contributed by atoms with van der Waals surface area (Å²) < 4.78 is 0. The molecule has 2 unspecified atom stereocenters. The average Bonchev–Trinajstić information content (AvgIpc) is 2.41. The fraction of sp³-hybridized carbons (Fsp3) is 0.700. The SMILES string of the molecule is C=CCNC(=O)N1CC(C)CC1C. The third-order valence-corrected chi connectivity index (χ3v) is 2.44. The largest absolute Gasteiger partial charge is 0.335 e. The highest BCUT2D eigenvalue weighted by molar-refractivity contribution is 5.75. The van der Waals surface area contributed by atoms with Gasteiger partial charge in [-0.05, 0) is 19.3 Å². The number of carbonyl (C=O) groups excluding carboxylic acids is 1. The fourth-order valence-corrected chi connectivity index (χ4v) is 1.84. The molecule has 74 valence electrons. The molecule has 0 aromatic carbocycles. The van der Waals surface area contributed by atoms with Crippen molar-refractivity contribution in [2.45, 2.75) is 26.3 Å². The Labute approximate surface area is 79.8 Å². The van der Waals surface area contributed by atoms with Gasteiger partial charge in [-0.2, -0.15) is 0 Å². The number of urea groups is 1. The van der Waals surface area contributed by atoms with Gasteiger partial charge in [-0.15, -0.1) is 6.58 Å². The van der Waals surface area contributed by atoms with Gasteiger partial charge in [0.25, 0.3) is 0 Å². The van der Waals surface area contributed by atoms with E-state index in [0.717, 1.165) is 13.0 Å². The van der Waals surface area contributed by atoms with Crippen molar-refractivity contribution in [1.29, 1.82) is 0 Å². The van der Waals surface area contributed by atoms with E-state index < -0.39 is 0 Å². The molecule has 0 spiro atoms. The standard InChI is InChI=1S/C10H18N2O/c1-4-5-11-10(13)12-7-8(2)6-9(12)3/h4,8-9H,1,5-7H2,2-3H3,(H,11,13). The maximum Gasteiger partial charge on any atom is 0.317 e. The van der Waals surface area contributed by atoms with Crippen LogP contribution in [0.3, 0.4) is 0 Å². The van der Waals surface area contributed by atoms with Crippen LogP contribution in [-0.2, 0) is 0 Å². The Morgan fingerprint density at radius 3 is 2.85 bits per heavy atom. The quantitative estimate of drug-likeness (QED) is 0.646. The summed E-state index contributed by atoms with van der Waals surface area (Å²) >= 11 is 0. The molecule has 3 heteroatoms. The molecule has 0 saturated carbocycles. The van der Waals surface area contributed by atoms with E-state index in [0.29, 0.717) is 18.5 Å². The summed E-state index contributed by atoms with van der Waals surface area (Å²) in [5.41, 5.74) is 0. The highest BCUT2D eigenvalue weighted by Gasteiger charge is 2.29. The molecule has 1 aliphatic heterocycles. The van der Waals surface area contributed by atoms with E-state index in [4.69, 9.17) is 0 Å². The Balaban J connectivity index is 2.42. The lowest BCUT2D eigenvalue weighted by atomic mass is 10.1. The van der Waals surface area contributed by atoms with Crippen molar-refractivity contribution in [2.24, 2.45) is 5.92 Å². The number of nitrogens with zero attached hydrogens (tertiary/aromatic N) is 1. The van der Waals surface area contributed by atoms with Crippen LogP contribution in [-0.4, -0.2) is 30.1 Å². The second-order valence-corrected chi connectivity index (χ2v) is 3.82. The first-order valence-electron chi connectivity index (χ1n) is 4.80. The van der Waals surface area contributed by atoms with Crippen LogP contribution >= 0.6 is 0 Å². The normalized spacial score (nSPS) is 27.4. The maximum atomic E-state index is 11.5. The zero-order chi connectivity index (χ0) is 9.84. The van der Waals surface area contributed by atoms with Gasteiger partial charge in [-0.25, -0.2) is 4.79 Å². The Bertz CT molecular complexity index is 203. The highest BCUT2D eigenvalue weighted by Crippen LogP contribution is 2.21. The lowest BCUT2D eigenvalue weighted by Crippen LogP contribution is -2.41. The second-order valence-electron chi connectivity index (χ2n) is 3.82. The van der Waals surface area contributed by atoms with Crippen molar-refractivity contribution >= 4 is 6.03 Å². The predicted octanol–water partition coefficient (Wildman–Crippen LogP) is 1.61. The lowest BCUT2D eigenvalue weighted by molar-refractivity contribution is 0.196. The average molecular weight is 182 g/mol. The molecule has 0 aliphatic carbocycles. The third-order valence-electron chi connectivity index (χ3n) is 2.44. The predicted molar refractivity (Wildman–Crippen MR) is 53.5 cm³/mol. The van der Waals surface area contributed by atoms with Crippen molar-refractivity contribution in [1.82, 2.24) is 10.2 Å². The zero-order valence-corrected chi connectivity index (χ0v) is 8.42. The van der Waals surface area contributed by atoms with Gasteiger partial charge in [0.2, 0.25) is 0 Å². The first-order chi connectivity index (χ1) is 6.15. The number of likely N-dealkylation sites (tertiary alicyclic amines) is 1. The van der Waals surface area contributed by atoms with E-state index in [1.165, 1.54) is 0 Å². The minimum Gasteiger partial charge on any atom is -0.335 e. The molecule has 3 nitrogen and oxygen atoms in total. The van der Waals surface area contributed by atoms with Crippen molar-refractivity contribution < 1.29 is 4.79 Å². The summed E-state index contributed by atoms with van der Waals surface area (Å²) in [6.07, 6.45) is 2.81. The topological polar surface area (TPSA) is 32.3 Å². The van der Waals surface area contributed by atoms with Gasteiger partial charge in [0.15, 0.2) is 0 Å². The molecule has 1 aliphatic rings. The number of carbonyl (C=O) groups is 1. The van der Waals surface area contributed by atoms with Crippen molar-refractivity contribution in [3.63, 3.8) is 0 Å². The van der Waals surface area contributed by atoms with Crippen LogP contribution in [0.4, 0.5) is 4.79 Å². The smallest absolute Gasteiger partial charge is 0.317 e. The molecular formula is C10H18N2O. The summed E-state index contributed by atoms with van der Waals surface area (Å²) in [6, 6.07) is 0.413. The van der Waals surface area contributed by atoms with Crippen LogP contribution in [0.2, 0.25) is 0 Å². The number of hydrogen-bond acceptors (Lipinski definition) is 1. The molecule has 1 rings (SSSR count). The third kappa shape index (κ3) is 2.47. The number of nitrogens with one attached hydrogen (secondary N) is 1.